The number of fused-ring (bicyclic) bond motifs is 1. The number of carbonyl (C=O) groups excluding carboxylic acids is 2. The summed E-state index contributed by atoms with van der Waals surface area (Å²) in [7, 11) is 0. The highest BCUT2D eigenvalue weighted by Gasteiger charge is 2.42. The van der Waals surface area contributed by atoms with Gasteiger partial charge in [-0.2, -0.15) is 0 Å². The van der Waals surface area contributed by atoms with Gasteiger partial charge in [-0.3, -0.25) is 14.5 Å². The van der Waals surface area contributed by atoms with Crippen LogP contribution in [0.4, 0.5) is 4.79 Å². The zero-order chi connectivity index (χ0) is 19.8. The molecule has 0 fully saturated rings. The van der Waals surface area contributed by atoms with Crippen molar-refractivity contribution in [2.24, 2.45) is 0 Å². The summed E-state index contributed by atoms with van der Waals surface area (Å²) in [6.45, 7) is 5.34. The molecule has 1 aliphatic heterocycles. The Kier molecular flexibility index (Phi) is 4.74. The van der Waals surface area contributed by atoms with E-state index in [1.54, 1.807) is 57.2 Å². The lowest BCUT2D eigenvalue weighted by Gasteiger charge is -2.38. The number of nitrogens with zero attached hydrogens (tertiary/aromatic N) is 2. The van der Waals surface area contributed by atoms with Gasteiger partial charge in [0.2, 0.25) is 0 Å². The van der Waals surface area contributed by atoms with Crippen LogP contribution in [-0.2, 0) is 0 Å². The van der Waals surface area contributed by atoms with Gasteiger partial charge in [0.15, 0.2) is 0 Å². The van der Waals surface area contributed by atoms with Crippen molar-refractivity contribution in [1.82, 2.24) is 9.80 Å². The molecular weight excluding hydrogens is 344 g/mol. The molecule has 0 saturated carbocycles. The summed E-state index contributed by atoms with van der Waals surface area (Å²) >= 11 is 0. The second-order valence-electron chi connectivity index (χ2n) is 7.52. The Labute approximate surface area is 158 Å². The molecule has 1 heterocycles. The molecule has 1 atom stereocenters. The largest absolute Gasteiger partial charge is 0.465 e. The first-order chi connectivity index (χ1) is 12.7. The normalized spacial score (nSPS) is 14.9. The molecule has 0 spiro atoms. The van der Waals surface area contributed by atoms with Crippen LogP contribution < -0.4 is 0 Å². The second kappa shape index (κ2) is 6.87. The van der Waals surface area contributed by atoms with Crippen LogP contribution in [-0.4, -0.2) is 44.9 Å². The van der Waals surface area contributed by atoms with E-state index in [-0.39, 0.29) is 6.54 Å². The van der Waals surface area contributed by atoms with E-state index in [1.165, 1.54) is 9.80 Å². The molecule has 2 aromatic carbocycles. The highest BCUT2D eigenvalue weighted by Crippen LogP contribution is 2.33. The zero-order valence-electron chi connectivity index (χ0n) is 15.5. The quantitative estimate of drug-likeness (QED) is 0.835. The molecule has 2 aromatic rings. The maximum absolute atomic E-state index is 13.0. The maximum atomic E-state index is 13.0. The predicted octanol–water partition coefficient (Wildman–Crippen LogP) is 3.80. The molecule has 6 nitrogen and oxygen atoms in total. The fraction of sp³-hybridized carbons (Fsp3) is 0.286. The van der Waals surface area contributed by atoms with Gasteiger partial charge in [-0.15, -0.1) is 0 Å². The molecule has 3 rings (SSSR count). The predicted molar refractivity (Wildman–Crippen MR) is 101 cm³/mol. The third-order valence-electron chi connectivity index (χ3n) is 4.72. The SMILES string of the molecule is CC(C)(C)N(CC(c1ccccc1)N1C(=O)c2ccccc2C1=O)C(=O)O. The third kappa shape index (κ3) is 3.43. The first-order valence-corrected chi connectivity index (χ1v) is 8.74. The topological polar surface area (TPSA) is 77.9 Å². The lowest BCUT2D eigenvalue weighted by Crippen LogP contribution is -2.50. The number of imide groups is 1. The minimum Gasteiger partial charge on any atom is -0.465 e. The van der Waals surface area contributed by atoms with Crippen LogP contribution in [0.3, 0.4) is 0 Å². The van der Waals surface area contributed by atoms with Crippen LogP contribution >= 0.6 is 0 Å². The highest BCUT2D eigenvalue weighted by atomic mass is 16.4. The van der Waals surface area contributed by atoms with Gasteiger partial charge in [-0.25, -0.2) is 4.79 Å². The number of hydrogen-bond donors (Lipinski definition) is 1. The Morgan fingerprint density at radius 1 is 0.963 bits per heavy atom. The molecule has 0 bridgehead atoms. The third-order valence-corrected chi connectivity index (χ3v) is 4.72. The highest BCUT2D eigenvalue weighted by molar-refractivity contribution is 6.21. The Morgan fingerprint density at radius 2 is 1.44 bits per heavy atom. The monoisotopic (exact) mass is 366 g/mol. The van der Waals surface area contributed by atoms with Crippen molar-refractivity contribution in [3.8, 4) is 0 Å². The molecule has 1 unspecified atom stereocenters. The van der Waals surface area contributed by atoms with Crippen molar-refractivity contribution < 1.29 is 19.5 Å². The van der Waals surface area contributed by atoms with Gasteiger partial charge in [-0.1, -0.05) is 42.5 Å². The van der Waals surface area contributed by atoms with Gasteiger partial charge in [-0.05, 0) is 38.5 Å². The van der Waals surface area contributed by atoms with Gasteiger partial charge in [0.05, 0.1) is 17.2 Å². The van der Waals surface area contributed by atoms with E-state index in [2.05, 4.69) is 0 Å². The summed E-state index contributed by atoms with van der Waals surface area (Å²) in [6.07, 6.45) is -1.10. The Morgan fingerprint density at radius 3 is 1.89 bits per heavy atom. The van der Waals surface area contributed by atoms with Crippen LogP contribution in [0.5, 0.6) is 0 Å². The summed E-state index contributed by atoms with van der Waals surface area (Å²) < 4.78 is 0. The Balaban J connectivity index is 2.06. The Bertz CT molecular complexity index is 852. The number of rotatable bonds is 4. The number of hydrogen-bond acceptors (Lipinski definition) is 3. The number of amides is 3. The summed E-state index contributed by atoms with van der Waals surface area (Å²) in [5.41, 5.74) is 0.724. The standard InChI is InChI=1S/C21H22N2O4/c1-21(2,3)22(20(26)27)13-17(14-9-5-4-6-10-14)23-18(24)15-11-7-8-12-16(15)19(23)25/h4-12,17H,13H2,1-3H3,(H,26,27). The average Bonchev–Trinajstić information content (AvgIpc) is 2.87. The van der Waals surface area contributed by atoms with E-state index in [0.717, 1.165) is 0 Å². The fourth-order valence-electron chi connectivity index (χ4n) is 3.31. The van der Waals surface area contributed by atoms with Crippen molar-refractivity contribution in [3.63, 3.8) is 0 Å². The summed E-state index contributed by atoms with van der Waals surface area (Å²) in [5, 5.41) is 9.69. The molecular formula is C21H22N2O4. The van der Waals surface area contributed by atoms with Crippen LogP contribution in [0.1, 0.15) is 53.1 Å². The van der Waals surface area contributed by atoms with Crippen molar-refractivity contribution in [1.29, 1.82) is 0 Å². The molecule has 1 aliphatic rings. The van der Waals surface area contributed by atoms with E-state index in [0.29, 0.717) is 16.7 Å². The van der Waals surface area contributed by atoms with Gasteiger partial charge in [0, 0.05) is 12.1 Å². The van der Waals surface area contributed by atoms with E-state index in [9.17, 15) is 19.5 Å². The Hall–Kier alpha value is -3.15. The first kappa shape index (κ1) is 18.6. The molecule has 6 heteroatoms. The van der Waals surface area contributed by atoms with Crippen molar-refractivity contribution >= 4 is 17.9 Å². The molecule has 0 aliphatic carbocycles. The molecule has 27 heavy (non-hydrogen) atoms. The first-order valence-electron chi connectivity index (χ1n) is 8.74. The van der Waals surface area contributed by atoms with Crippen molar-refractivity contribution in [2.75, 3.05) is 6.54 Å². The van der Waals surface area contributed by atoms with Crippen LogP contribution in [0.25, 0.3) is 0 Å². The van der Waals surface area contributed by atoms with Crippen molar-refractivity contribution in [2.45, 2.75) is 32.4 Å². The van der Waals surface area contributed by atoms with Gasteiger partial charge in [0.1, 0.15) is 0 Å². The van der Waals surface area contributed by atoms with E-state index in [4.69, 9.17) is 0 Å². The lowest BCUT2D eigenvalue weighted by atomic mass is 10.0. The minimum atomic E-state index is -1.10. The second-order valence-corrected chi connectivity index (χ2v) is 7.52. The maximum Gasteiger partial charge on any atom is 0.407 e. The zero-order valence-corrected chi connectivity index (χ0v) is 15.5. The number of benzene rings is 2. The van der Waals surface area contributed by atoms with Gasteiger partial charge >= 0.3 is 6.09 Å². The van der Waals surface area contributed by atoms with E-state index in [1.807, 2.05) is 18.2 Å². The molecule has 1 N–H and O–H groups in total. The summed E-state index contributed by atoms with van der Waals surface area (Å²) in [6, 6.07) is 15.0. The van der Waals surface area contributed by atoms with Crippen LogP contribution in [0.2, 0.25) is 0 Å². The van der Waals surface area contributed by atoms with E-state index >= 15 is 0 Å². The lowest BCUT2D eigenvalue weighted by molar-refractivity contribution is 0.0457. The van der Waals surface area contributed by atoms with Gasteiger partial charge < -0.3 is 10.0 Å². The summed E-state index contributed by atoms with van der Waals surface area (Å²) in [4.78, 5) is 40.2. The molecule has 0 saturated heterocycles. The minimum absolute atomic E-state index is 0.00564. The van der Waals surface area contributed by atoms with Crippen LogP contribution in [0.15, 0.2) is 54.6 Å². The molecule has 0 aromatic heterocycles. The summed E-state index contributed by atoms with van der Waals surface area (Å²) in [5.74, 6) is -0.799. The fourth-order valence-corrected chi connectivity index (χ4v) is 3.31. The van der Waals surface area contributed by atoms with Gasteiger partial charge in [0.25, 0.3) is 11.8 Å². The molecule has 140 valence electrons. The van der Waals surface area contributed by atoms with Crippen LogP contribution in [0, 0.1) is 0 Å². The van der Waals surface area contributed by atoms with Crippen molar-refractivity contribution in [3.05, 3.63) is 71.3 Å². The number of carboxylic acid groups (broad SMARTS) is 1. The van der Waals surface area contributed by atoms with E-state index < -0.39 is 29.5 Å². The molecule has 0 radical (unpaired) electrons. The number of carbonyl (C=O) groups is 3. The molecule has 3 amide bonds. The smallest absolute Gasteiger partial charge is 0.407 e. The average molecular weight is 366 g/mol.